The van der Waals surface area contributed by atoms with Crippen molar-refractivity contribution < 1.29 is 13.2 Å². The fraction of sp³-hybridized carbons (Fsp3) is 0.348. The predicted molar refractivity (Wildman–Crippen MR) is 124 cm³/mol. The molecule has 0 N–H and O–H groups in total. The summed E-state index contributed by atoms with van der Waals surface area (Å²) in [5.41, 5.74) is 4.11. The van der Waals surface area contributed by atoms with Crippen molar-refractivity contribution in [1.82, 2.24) is 14.2 Å². The van der Waals surface area contributed by atoms with E-state index in [1.807, 2.05) is 44.2 Å². The SMILES string of the molecule is COc1ccc(-c2csc(CN3CCN(S(=O)(=O)c4ccc(C)c(C)c4)CC3)n2)cc1. The Hall–Kier alpha value is -2.26. The van der Waals surface area contributed by atoms with Gasteiger partial charge in [-0.05, 0) is 61.4 Å². The van der Waals surface area contributed by atoms with Crippen molar-refractivity contribution in [2.45, 2.75) is 25.3 Å². The van der Waals surface area contributed by atoms with Crippen molar-refractivity contribution in [2.75, 3.05) is 33.3 Å². The lowest BCUT2D eigenvalue weighted by atomic mass is 10.1. The molecule has 6 nitrogen and oxygen atoms in total. The van der Waals surface area contributed by atoms with Crippen LogP contribution < -0.4 is 4.74 Å². The molecule has 0 unspecified atom stereocenters. The van der Waals surface area contributed by atoms with Crippen molar-refractivity contribution in [3.63, 3.8) is 0 Å². The van der Waals surface area contributed by atoms with Crippen LogP contribution in [0, 0.1) is 13.8 Å². The molecule has 1 fully saturated rings. The van der Waals surface area contributed by atoms with E-state index in [1.165, 1.54) is 0 Å². The fourth-order valence-electron chi connectivity index (χ4n) is 3.62. The van der Waals surface area contributed by atoms with Crippen LogP contribution >= 0.6 is 11.3 Å². The molecule has 31 heavy (non-hydrogen) atoms. The van der Waals surface area contributed by atoms with Crippen LogP contribution in [0.1, 0.15) is 16.1 Å². The monoisotopic (exact) mass is 457 g/mol. The van der Waals surface area contributed by atoms with Gasteiger partial charge in [0, 0.05) is 37.1 Å². The summed E-state index contributed by atoms with van der Waals surface area (Å²) in [6.45, 7) is 7.04. The number of ether oxygens (including phenoxy) is 1. The van der Waals surface area contributed by atoms with Gasteiger partial charge in [0.05, 0.1) is 24.2 Å². The highest BCUT2D eigenvalue weighted by molar-refractivity contribution is 7.89. The van der Waals surface area contributed by atoms with Gasteiger partial charge < -0.3 is 4.74 Å². The topological polar surface area (TPSA) is 62.7 Å². The van der Waals surface area contributed by atoms with Gasteiger partial charge in [0.15, 0.2) is 0 Å². The molecule has 1 aliphatic rings. The first kappa shape index (κ1) is 22.0. The number of aromatic nitrogens is 1. The number of hydrogen-bond acceptors (Lipinski definition) is 6. The molecule has 0 amide bonds. The van der Waals surface area contributed by atoms with Gasteiger partial charge in [-0.1, -0.05) is 6.07 Å². The third-order valence-corrected chi connectivity index (χ3v) is 8.47. The number of aryl methyl sites for hydroxylation is 2. The minimum absolute atomic E-state index is 0.383. The van der Waals surface area contributed by atoms with E-state index < -0.39 is 10.0 Å². The van der Waals surface area contributed by atoms with E-state index in [2.05, 4.69) is 10.3 Å². The molecule has 0 bridgehead atoms. The Balaban J connectivity index is 1.37. The minimum Gasteiger partial charge on any atom is -0.497 e. The number of nitrogens with zero attached hydrogens (tertiary/aromatic N) is 3. The molecule has 3 aromatic rings. The molecule has 2 aromatic carbocycles. The van der Waals surface area contributed by atoms with Crippen LogP contribution in [-0.2, 0) is 16.6 Å². The van der Waals surface area contributed by atoms with Crippen LogP contribution in [0.15, 0.2) is 52.7 Å². The van der Waals surface area contributed by atoms with Crippen LogP contribution in [0.5, 0.6) is 5.75 Å². The molecule has 1 aliphatic heterocycles. The average molecular weight is 458 g/mol. The maximum Gasteiger partial charge on any atom is 0.243 e. The van der Waals surface area contributed by atoms with Crippen molar-refractivity contribution in [3.05, 3.63) is 64.0 Å². The van der Waals surface area contributed by atoms with Gasteiger partial charge in [0.25, 0.3) is 0 Å². The van der Waals surface area contributed by atoms with Gasteiger partial charge in [0.1, 0.15) is 10.8 Å². The number of thiazole rings is 1. The summed E-state index contributed by atoms with van der Waals surface area (Å²) < 4.78 is 32.8. The van der Waals surface area contributed by atoms with E-state index in [-0.39, 0.29) is 0 Å². The van der Waals surface area contributed by atoms with Gasteiger partial charge >= 0.3 is 0 Å². The first-order chi connectivity index (χ1) is 14.9. The Morgan fingerprint density at radius 1 is 1.00 bits per heavy atom. The highest BCUT2D eigenvalue weighted by Gasteiger charge is 2.29. The summed E-state index contributed by atoms with van der Waals surface area (Å²) in [4.78, 5) is 7.42. The summed E-state index contributed by atoms with van der Waals surface area (Å²) in [6, 6.07) is 13.2. The molecule has 4 rings (SSSR count). The van der Waals surface area contributed by atoms with Gasteiger partial charge in [-0.25, -0.2) is 13.4 Å². The first-order valence-corrected chi connectivity index (χ1v) is 12.6. The smallest absolute Gasteiger partial charge is 0.243 e. The predicted octanol–water partition coefficient (Wildman–Crippen LogP) is 3.94. The van der Waals surface area contributed by atoms with E-state index in [0.717, 1.165) is 39.7 Å². The molecule has 2 heterocycles. The number of methoxy groups -OCH3 is 1. The maximum atomic E-state index is 13.0. The zero-order valence-electron chi connectivity index (χ0n) is 18.0. The second-order valence-electron chi connectivity index (χ2n) is 7.78. The van der Waals surface area contributed by atoms with E-state index in [1.54, 1.807) is 34.9 Å². The molecule has 0 radical (unpaired) electrons. The molecule has 0 aliphatic carbocycles. The lowest BCUT2D eigenvalue weighted by molar-refractivity contribution is 0.181. The molecule has 0 spiro atoms. The van der Waals surface area contributed by atoms with E-state index >= 15 is 0 Å². The first-order valence-electron chi connectivity index (χ1n) is 10.3. The van der Waals surface area contributed by atoms with Crippen molar-refractivity contribution in [1.29, 1.82) is 0 Å². The summed E-state index contributed by atoms with van der Waals surface area (Å²) >= 11 is 1.64. The highest BCUT2D eigenvalue weighted by Crippen LogP contribution is 2.26. The summed E-state index contributed by atoms with van der Waals surface area (Å²) in [5.74, 6) is 0.827. The van der Waals surface area contributed by atoms with Crippen LogP contribution in [0.3, 0.4) is 0 Å². The van der Waals surface area contributed by atoms with Crippen LogP contribution in [0.4, 0.5) is 0 Å². The Morgan fingerprint density at radius 2 is 1.71 bits per heavy atom. The highest BCUT2D eigenvalue weighted by atomic mass is 32.2. The Bertz CT molecular complexity index is 1150. The van der Waals surface area contributed by atoms with Gasteiger partial charge in [-0.2, -0.15) is 4.31 Å². The van der Waals surface area contributed by atoms with E-state index in [4.69, 9.17) is 9.72 Å². The number of piperazine rings is 1. The molecule has 1 saturated heterocycles. The standard InChI is InChI=1S/C23H27N3O3S2/c1-17-4-9-21(14-18(17)2)31(27,28)26-12-10-25(11-13-26)15-23-24-22(16-30-23)19-5-7-20(29-3)8-6-19/h4-9,14,16H,10-13,15H2,1-3H3. The minimum atomic E-state index is -3.45. The maximum absolute atomic E-state index is 13.0. The van der Waals surface area contributed by atoms with Crippen LogP contribution in [0.2, 0.25) is 0 Å². The van der Waals surface area contributed by atoms with Crippen molar-refractivity contribution in [2.24, 2.45) is 0 Å². The number of sulfonamides is 1. The average Bonchev–Trinajstić information content (AvgIpc) is 3.24. The molecule has 0 saturated carbocycles. The largest absolute Gasteiger partial charge is 0.497 e. The summed E-state index contributed by atoms with van der Waals surface area (Å²) in [6.07, 6.45) is 0. The van der Waals surface area contributed by atoms with Crippen molar-refractivity contribution in [3.8, 4) is 17.0 Å². The Kier molecular flexibility index (Phi) is 6.43. The molecule has 0 atom stereocenters. The van der Waals surface area contributed by atoms with Gasteiger partial charge in [-0.15, -0.1) is 11.3 Å². The molecule has 8 heteroatoms. The number of hydrogen-bond donors (Lipinski definition) is 0. The van der Waals surface area contributed by atoms with Gasteiger partial charge in [-0.3, -0.25) is 4.90 Å². The zero-order valence-corrected chi connectivity index (χ0v) is 19.7. The van der Waals surface area contributed by atoms with E-state index in [0.29, 0.717) is 31.1 Å². The van der Waals surface area contributed by atoms with Crippen LogP contribution in [0.25, 0.3) is 11.3 Å². The summed E-state index contributed by atoms with van der Waals surface area (Å²) in [5, 5.41) is 3.11. The quantitative estimate of drug-likeness (QED) is 0.561. The second-order valence-corrected chi connectivity index (χ2v) is 10.7. The molecular weight excluding hydrogens is 430 g/mol. The normalized spacial score (nSPS) is 15.8. The zero-order chi connectivity index (χ0) is 22.0. The second kappa shape index (κ2) is 9.08. The van der Waals surface area contributed by atoms with Gasteiger partial charge in [0.2, 0.25) is 10.0 Å². The lowest BCUT2D eigenvalue weighted by Gasteiger charge is -2.33. The number of benzene rings is 2. The van der Waals surface area contributed by atoms with Crippen LogP contribution in [-0.4, -0.2) is 55.9 Å². The third-order valence-electron chi connectivity index (χ3n) is 5.74. The molecule has 164 valence electrons. The lowest BCUT2D eigenvalue weighted by Crippen LogP contribution is -2.48. The molecular formula is C23H27N3O3S2. The van der Waals surface area contributed by atoms with E-state index in [9.17, 15) is 8.42 Å². The van der Waals surface area contributed by atoms with Crippen molar-refractivity contribution >= 4 is 21.4 Å². The fourth-order valence-corrected chi connectivity index (χ4v) is 5.97. The Labute approximate surface area is 188 Å². The molecule has 1 aromatic heterocycles. The summed E-state index contributed by atoms with van der Waals surface area (Å²) in [7, 11) is -1.80. The number of rotatable bonds is 6. The Morgan fingerprint density at radius 3 is 2.35 bits per heavy atom. The third kappa shape index (κ3) is 4.82.